The molecule has 0 saturated carbocycles. The first-order chi connectivity index (χ1) is 13.3. The van der Waals surface area contributed by atoms with Gasteiger partial charge in [-0.25, -0.2) is 4.79 Å². The van der Waals surface area contributed by atoms with E-state index in [0.29, 0.717) is 6.54 Å². The number of carbonyl (C=O) groups is 1. The maximum Gasteiger partial charge on any atom is 0.315 e. The van der Waals surface area contributed by atoms with E-state index in [-0.39, 0.29) is 12.1 Å². The molecule has 1 saturated heterocycles. The Kier molecular flexibility index (Phi) is 8.02. The van der Waals surface area contributed by atoms with Crippen LogP contribution in [0.1, 0.15) is 11.6 Å². The molecule has 1 atom stereocenters. The van der Waals surface area contributed by atoms with Gasteiger partial charge in [0.25, 0.3) is 0 Å². The SMILES string of the molecule is O=C(NCCSc1ccccc1)N[C@H](CN1CCOCC1)c1ccccc1. The van der Waals surface area contributed by atoms with E-state index in [0.717, 1.165) is 44.2 Å². The summed E-state index contributed by atoms with van der Waals surface area (Å²) in [5.41, 5.74) is 1.12. The normalized spacial score (nSPS) is 15.9. The maximum atomic E-state index is 12.4. The molecule has 2 N–H and O–H groups in total. The van der Waals surface area contributed by atoms with Crippen molar-refractivity contribution in [3.63, 3.8) is 0 Å². The molecule has 5 nitrogen and oxygen atoms in total. The number of carbonyl (C=O) groups excluding carboxylic acids is 1. The third-order valence-electron chi connectivity index (χ3n) is 4.45. The molecule has 0 spiro atoms. The average Bonchev–Trinajstić information content (AvgIpc) is 2.73. The van der Waals surface area contributed by atoms with Gasteiger partial charge in [-0.3, -0.25) is 4.90 Å². The minimum Gasteiger partial charge on any atom is -0.379 e. The van der Waals surface area contributed by atoms with Crippen LogP contribution in [0, 0.1) is 0 Å². The second-order valence-electron chi connectivity index (χ2n) is 6.44. The number of morpholine rings is 1. The highest BCUT2D eigenvalue weighted by atomic mass is 32.2. The smallest absolute Gasteiger partial charge is 0.315 e. The number of nitrogens with zero attached hydrogens (tertiary/aromatic N) is 1. The van der Waals surface area contributed by atoms with Crippen molar-refractivity contribution in [2.75, 3.05) is 45.1 Å². The van der Waals surface area contributed by atoms with Crippen LogP contribution in [0.4, 0.5) is 4.79 Å². The Balaban J connectivity index is 1.47. The third-order valence-corrected chi connectivity index (χ3v) is 5.47. The van der Waals surface area contributed by atoms with Crippen LogP contribution in [-0.2, 0) is 4.74 Å². The second-order valence-corrected chi connectivity index (χ2v) is 7.61. The number of rotatable bonds is 8. The molecule has 0 aromatic heterocycles. The average molecular weight is 386 g/mol. The van der Waals surface area contributed by atoms with Gasteiger partial charge in [0.15, 0.2) is 0 Å². The molecule has 0 aliphatic carbocycles. The zero-order chi connectivity index (χ0) is 18.7. The number of urea groups is 1. The predicted molar refractivity (Wildman–Crippen MR) is 110 cm³/mol. The van der Waals surface area contributed by atoms with Crippen molar-refractivity contribution < 1.29 is 9.53 Å². The minimum atomic E-state index is -0.120. The van der Waals surface area contributed by atoms with E-state index < -0.39 is 0 Å². The van der Waals surface area contributed by atoms with E-state index in [4.69, 9.17) is 4.74 Å². The summed E-state index contributed by atoms with van der Waals surface area (Å²) < 4.78 is 5.43. The molecular weight excluding hydrogens is 358 g/mol. The quantitative estimate of drug-likeness (QED) is 0.541. The Hall–Kier alpha value is -2.02. The molecule has 1 fully saturated rings. The Morgan fingerprint density at radius 3 is 2.41 bits per heavy atom. The molecule has 1 aliphatic heterocycles. The highest BCUT2D eigenvalue weighted by Crippen LogP contribution is 2.16. The molecular formula is C21H27N3O2S. The Labute approximate surface area is 165 Å². The van der Waals surface area contributed by atoms with Crippen molar-refractivity contribution in [2.24, 2.45) is 0 Å². The van der Waals surface area contributed by atoms with Crippen LogP contribution in [-0.4, -0.2) is 56.1 Å². The van der Waals surface area contributed by atoms with Gasteiger partial charge in [-0.2, -0.15) is 0 Å². The van der Waals surface area contributed by atoms with Crippen molar-refractivity contribution in [3.8, 4) is 0 Å². The number of hydrogen-bond acceptors (Lipinski definition) is 4. The first kappa shape index (κ1) is 19.7. The van der Waals surface area contributed by atoms with E-state index in [2.05, 4.69) is 39.8 Å². The van der Waals surface area contributed by atoms with Gasteiger partial charge in [0, 0.05) is 36.8 Å². The van der Waals surface area contributed by atoms with Crippen LogP contribution in [0.3, 0.4) is 0 Å². The molecule has 6 heteroatoms. The van der Waals surface area contributed by atoms with Gasteiger partial charge < -0.3 is 15.4 Å². The van der Waals surface area contributed by atoms with Gasteiger partial charge in [0.05, 0.1) is 19.3 Å². The van der Waals surface area contributed by atoms with Gasteiger partial charge in [-0.1, -0.05) is 48.5 Å². The molecule has 2 amide bonds. The van der Waals surface area contributed by atoms with Gasteiger partial charge in [-0.15, -0.1) is 11.8 Å². The number of amides is 2. The summed E-state index contributed by atoms with van der Waals surface area (Å²) in [5, 5.41) is 6.11. The number of thioether (sulfide) groups is 1. The Morgan fingerprint density at radius 1 is 1.04 bits per heavy atom. The van der Waals surface area contributed by atoms with Gasteiger partial charge in [0.2, 0.25) is 0 Å². The standard InChI is InChI=1S/C21H27N3O2S/c25-21(22-11-16-27-19-9-5-2-6-10-19)23-20(18-7-3-1-4-8-18)17-24-12-14-26-15-13-24/h1-10,20H,11-17H2,(H2,22,23,25)/t20-/m1/s1. The minimum absolute atomic E-state index is 0.0360. The lowest BCUT2D eigenvalue weighted by atomic mass is 10.1. The van der Waals surface area contributed by atoms with Crippen LogP contribution in [0.2, 0.25) is 0 Å². The number of hydrogen-bond donors (Lipinski definition) is 2. The van der Waals surface area contributed by atoms with Gasteiger partial charge >= 0.3 is 6.03 Å². The molecule has 1 heterocycles. The summed E-state index contributed by atoms with van der Waals surface area (Å²) in [6, 6.07) is 20.2. The molecule has 0 bridgehead atoms. The van der Waals surface area contributed by atoms with E-state index in [1.807, 2.05) is 36.4 Å². The predicted octanol–water partition coefficient (Wildman–Crippen LogP) is 3.15. The topological polar surface area (TPSA) is 53.6 Å². The van der Waals surface area contributed by atoms with E-state index in [1.165, 1.54) is 4.90 Å². The van der Waals surface area contributed by atoms with Crippen molar-refractivity contribution in [1.29, 1.82) is 0 Å². The Bertz CT molecular complexity index is 678. The van der Waals surface area contributed by atoms with E-state index >= 15 is 0 Å². The molecule has 0 unspecified atom stereocenters. The zero-order valence-electron chi connectivity index (χ0n) is 15.5. The van der Waals surface area contributed by atoms with Crippen LogP contribution in [0.5, 0.6) is 0 Å². The van der Waals surface area contributed by atoms with Gasteiger partial charge in [-0.05, 0) is 17.7 Å². The summed E-state index contributed by atoms with van der Waals surface area (Å²) in [7, 11) is 0. The highest BCUT2D eigenvalue weighted by molar-refractivity contribution is 7.99. The van der Waals surface area contributed by atoms with E-state index in [1.54, 1.807) is 11.8 Å². The molecule has 3 rings (SSSR count). The number of ether oxygens (including phenoxy) is 1. The fourth-order valence-corrected chi connectivity index (χ4v) is 3.81. The summed E-state index contributed by atoms with van der Waals surface area (Å²) in [6.07, 6.45) is 0. The first-order valence-electron chi connectivity index (χ1n) is 9.38. The summed E-state index contributed by atoms with van der Waals surface area (Å²) in [5.74, 6) is 0.844. The van der Waals surface area contributed by atoms with Crippen LogP contribution in [0.15, 0.2) is 65.6 Å². The summed E-state index contributed by atoms with van der Waals surface area (Å²) in [4.78, 5) is 16.0. The van der Waals surface area contributed by atoms with Crippen molar-refractivity contribution in [2.45, 2.75) is 10.9 Å². The molecule has 144 valence electrons. The first-order valence-corrected chi connectivity index (χ1v) is 10.4. The summed E-state index contributed by atoms with van der Waals surface area (Å²) >= 11 is 1.74. The molecule has 0 radical (unpaired) electrons. The molecule has 1 aliphatic rings. The molecule has 2 aromatic carbocycles. The van der Waals surface area contributed by atoms with E-state index in [9.17, 15) is 4.79 Å². The largest absolute Gasteiger partial charge is 0.379 e. The van der Waals surface area contributed by atoms with Crippen LogP contribution < -0.4 is 10.6 Å². The lowest BCUT2D eigenvalue weighted by molar-refractivity contribution is 0.0340. The van der Waals surface area contributed by atoms with Crippen LogP contribution >= 0.6 is 11.8 Å². The van der Waals surface area contributed by atoms with Crippen molar-refractivity contribution in [3.05, 3.63) is 66.2 Å². The fourth-order valence-electron chi connectivity index (χ4n) is 3.02. The molecule has 27 heavy (non-hydrogen) atoms. The van der Waals surface area contributed by atoms with Gasteiger partial charge in [0.1, 0.15) is 0 Å². The van der Waals surface area contributed by atoms with Crippen molar-refractivity contribution >= 4 is 17.8 Å². The third kappa shape index (κ3) is 6.90. The summed E-state index contributed by atoms with van der Waals surface area (Å²) in [6.45, 7) is 4.74. The monoisotopic (exact) mass is 385 g/mol. The lowest BCUT2D eigenvalue weighted by Crippen LogP contribution is -2.45. The highest BCUT2D eigenvalue weighted by Gasteiger charge is 2.19. The fraction of sp³-hybridized carbons (Fsp3) is 0.381. The number of nitrogens with one attached hydrogen (secondary N) is 2. The maximum absolute atomic E-state index is 12.4. The van der Waals surface area contributed by atoms with Crippen LogP contribution in [0.25, 0.3) is 0 Å². The zero-order valence-corrected chi connectivity index (χ0v) is 16.3. The lowest BCUT2D eigenvalue weighted by Gasteiger charge is -2.31. The molecule has 2 aromatic rings. The Morgan fingerprint density at radius 2 is 1.70 bits per heavy atom. The second kappa shape index (κ2) is 11.0. The van der Waals surface area contributed by atoms with Crippen molar-refractivity contribution in [1.82, 2.24) is 15.5 Å². The number of benzene rings is 2.